The molecule has 0 amide bonds. The van der Waals surface area contributed by atoms with Crippen molar-refractivity contribution in [2.75, 3.05) is 0 Å². The molecule has 0 radical (unpaired) electrons. The molecule has 3 heterocycles. The molecule has 0 saturated heterocycles. The van der Waals surface area contributed by atoms with Crippen LogP contribution in [-0.2, 0) is 12.0 Å². The average molecular weight is 696 g/mol. The third kappa shape index (κ3) is 4.61. The Morgan fingerprint density at radius 2 is 1.19 bits per heavy atom. The van der Waals surface area contributed by atoms with Crippen LogP contribution in [0.3, 0.4) is 0 Å². The van der Waals surface area contributed by atoms with E-state index in [2.05, 4.69) is 117 Å². The van der Waals surface area contributed by atoms with Gasteiger partial charge in [-0.2, -0.15) is 0 Å². The molecule has 256 valence electrons. The molecule has 0 unspecified atom stereocenters. The molecule has 1 aliphatic carbocycles. The van der Waals surface area contributed by atoms with Crippen LogP contribution in [0.5, 0.6) is 5.75 Å². The smallest absolute Gasteiger partial charge is 0.164 e. The van der Waals surface area contributed by atoms with Gasteiger partial charge in [0.15, 0.2) is 17.5 Å². The molecule has 0 atom stereocenters. The lowest BCUT2D eigenvalue weighted by atomic mass is 9.81. The predicted molar refractivity (Wildman–Crippen MR) is 216 cm³/mol. The molecule has 0 fully saturated rings. The van der Waals surface area contributed by atoms with E-state index in [1.807, 2.05) is 48.5 Å². The van der Waals surface area contributed by atoms with Gasteiger partial charge in [0.1, 0.15) is 23.5 Å². The number of fused-ring (bicyclic) bond motifs is 10. The molecule has 5 nitrogen and oxygen atoms in total. The quantitative estimate of drug-likeness (QED) is 0.183. The summed E-state index contributed by atoms with van der Waals surface area (Å²) in [5.74, 6) is 2.68. The molecule has 0 saturated carbocycles. The van der Waals surface area contributed by atoms with Crippen molar-refractivity contribution < 1.29 is 9.15 Å². The fourth-order valence-corrected chi connectivity index (χ4v) is 8.56. The summed E-state index contributed by atoms with van der Waals surface area (Å²) < 4.78 is 12.5. The molecular formula is C49H33N3O2. The molecule has 2 aromatic heterocycles. The SMILES string of the molecule is CC1(C)c2cc(-c3cccc(-c4nc(-c5ccccc5)nc(-c5cccc6c5-c5ccccc5CO6)n4)c3)ccc2-c2c1ccc1oc3ccccc3c21. The maximum Gasteiger partial charge on any atom is 0.164 e. The largest absolute Gasteiger partial charge is 0.488 e. The van der Waals surface area contributed by atoms with Crippen molar-refractivity contribution in [1.29, 1.82) is 0 Å². The topological polar surface area (TPSA) is 61.0 Å². The standard InChI is InChI=1S/C49H33N3O2/c1-49(2)38-24-25-42-45(36-18-8-9-20-40(36)54-42)44(38)35-23-22-31(27-39(35)49)30-15-10-16-32(26-30)47-50-46(29-12-4-3-5-13-29)51-48(52-47)37-19-11-21-41-43(37)34-17-7-6-14-33(34)28-53-41/h3-27H,28H2,1-2H3. The summed E-state index contributed by atoms with van der Waals surface area (Å²) in [6.45, 7) is 5.19. The van der Waals surface area contributed by atoms with Crippen LogP contribution in [0, 0.1) is 0 Å². The van der Waals surface area contributed by atoms with Crippen molar-refractivity contribution in [2.45, 2.75) is 25.9 Å². The van der Waals surface area contributed by atoms with Gasteiger partial charge in [-0.25, -0.2) is 15.0 Å². The molecule has 7 aromatic carbocycles. The van der Waals surface area contributed by atoms with Gasteiger partial charge in [0.25, 0.3) is 0 Å². The van der Waals surface area contributed by atoms with Crippen molar-refractivity contribution in [3.05, 3.63) is 168 Å². The van der Waals surface area contributed by atoms with E-state index in [0.29, 0.717) is 24.1 Å². The van der Waals surface area contributed by atoms with Gasteiger partial charge < -0.3 is 9.15 Å². The van der Waals surface area contributed by atoms with E-state index in [4.69, 9.17) is 24.1 Å². The molecule has 9 aromatic rings. The third-order valence-corrected chi connectivity index (χ3v) is 11.2. The number of hydrogen-bond donors (Lipinski definition) is 0. The molecule has 5 heteroatoms. The Balaban J connectivity index is 1.05. The number of para-hydroxylation sites is 1. The van der Waals surface area contributed by atoms with E-state index >= 15 is 0 Å². The lowest BCUT2D eigenvalue weighted by molar-refractivity contribution is 0.302. The van der Waals surface area contributed by atoms with Crippen LogP contribution in [0.2, 0.25) is 0 Å². The van der Waals surface area contributed by atoms with Gasteiger partial charge in [-0.3, -0.25) is 0 Å². The van der Waals surface area contributed by atoms with E-state index in [-0.39, 0.29) is 5.41 Å². The minimum atomic E-state index is -0.185. The third-order valence-electron chi connectivity index (χ3n) is 11.2. The van der Waals surface area contributed by atoms with Crippen LogP contribution >= 0.6 is 0 Å². The Morgan fingerprint density at radius 1 is 0.481 bits per heavy atom. The number of nitrogens with zero attached hydrogens (tertiary/aromatic N) is 3. The Morgan fingerprint density at radius 3 is 2.09 bits per heavy atom. The molecule has 0 spiro atoms. The molecule has 0 N–H and O–H groups in total. The number of ether oxygens (including phenoxy) is 1. The Bertz CT molecular complexity index is 2980. The number of rotatable bonds is 4. The van der Waals surface area contributed by atoms with Gasteiger partial charge in [0.05, 0.1) is 0 Å². The Kier molecular flexibility index (Phi) is 6.59. The first-order valence-corrected chi connectivity index (χ1v) is 18.4. The van der Waals surface area contributed by atoms with E-state index in [9.17, 15) is 0 Å². The normalized spacial score (nSPS) is 13.6. The van der Waals surface area contributed by atoms with Crippen LogP contribution in [0.25, 0.3) is 89.5 Å². The lowest BCUT2D eigenvalue weighted by Crippen LogP contribution is -2.14. The second-order valence-corrected chi connectivity index (χ2v) is 14.7. The summed E-state index contributed by atoms with van der Waals surface area (Å²) in [5, 5.41) is 2.35. The minimum absolute atomic E-state index is 0.185. The molecule has 0 bridgehead atoms. The van der Waals surface area contributed by atoms with Crippen LogP contribution in [-0.4, -0.2) is 15.0 Å². The van der Waals surface area contributed by atoms with E-state index in [0.717, 1.165) is 66.8 Å². The fourth-order valence-electron chi connectivity index (χ4n) is 8.56. The zero-order valence-corrected chi connectivity index (χ0v) is 29.8. The monoisotopic (exact) mass is 695 g/mol. The molecule has 2 aliphatic rings. The van der Waals surface area contributed by atoms with E-state index < -0.39 is 0 Å². The number of benzene rings is 7. The van der Waals surface area contributed by atoms with Crippen molar-refractivity contribution in [2.24, 2.45) is 0 Å². The summed E-state index contributed by atoms with van der Waals surface area (Å²) in [7, 11) is 0. The summed E-state index contributed by atoms with van der Waals surface area (Å²) >= 11 is 0. The van der Waals surface area contributed by atoms with Gasteiger partial charge in [0.2, 0.25) is 0 Å². The van der Waals surface area contributed by atoms with Gasteiger partial charge >= 0.3 is 0 Å². The van der Waals surface area contributed by atoms with Crippen LogP contribution in [0.1, 0.15) is 30.5 Å². The van der Waals surface area contributed by atoms with Crippen molar-refractivity contribution in [3.8, 4) is 73.3 Å². The summed E-state index contributed by atoms with van der Waals surface area (Å²) in [6.07, 6.45) is 0. The summed E-state index contributed by atoms with van der Waals surface area (Å²) in [5.41, 5.74) is 15.1. The highest BCUT2D eigenvalue weighted by molar-refractivity contribution is 6.15. The number of hydrogen-bond acceptors (Lipinski definition) is 5. The maximum absolute atomic E-state index is 6.30. The number of aromatic nitrogens is 3. The minimum Gasteiger partial charge on any atom is -0.488 e. The van der Waals surface area contributed by atoms with Crippen LogP contribution in [0.4, 0.5) is 0 Å². The molecule has 1 aliphatic heterocycles. The molecule has 11 rings (SSSR count). The van der Waals surface area contributed by atoms with Gasteiger partial charge in [-0.05, 0) is 74.8 Å². The van der Waals surface area contributed by atoms with Gasteiger partial charge in [0, 0.05) is 38.4 Å². The molecular weight excluding hydrogens is 663 g/mol. The molecule has 54 heavy (non-hydrogen) atoms. The lowest BCUT2D eigenvalue weighted by Gasteiger charge is -2.23. The van der Waals surface area contributed by atoms with Crippen molar-refractivity contribution >= 4 is 21.9 Å². The summed E-state index contributed by atoms with van der Waals surface area (Å²) in [6, 6.07) is 52.8. The van der Waals surface area contributed by atoms with E-state index in [1.54, 1.807) is 0 Å². The maximum atomic E-state index is 6.30. The second kappa shape index (κ2) is 11.6. The van der Waals surface area contributed by atoms with Crippen LogP contribution in [0.15, 0.2) is 156 Å². The van der Waals surface area contributed by atoms with Crippen molar-refractivity contribution in [1.82, 2.24) is 15.0 Å². The van der Waals surface area contributed by atoms with Crippen molar-refractivity contribution in [3.63, 3.8) is 0 Å². The fraction of sp³-hybridized carbons (Fsp3) is 0.0816. The summed E-state index contributed by atoms with van der Waals surface area (Å²) in [4.78, 5) is 15.4. The van der Waals surface area contributed by atoms with E-state index in [1.165, 1.54) is 27.6 Å². The van der Waals surface area contributed by atoms with Gasteiger partial charge in [-0.15, -0.1) is 0 Å². The highest BCUT2D eigenvalue weighted by Crippen LogP contribution is 2.54. The number of furan rings is 1. The first-order chi connectivity index (χ1) is 26.5. The van der Waals surface area contributed by atoms with Crippen LogP contribution < -0.4 is 4.74 Å². The van der Waals surface area contributed by atoms with Gasteiger partial charge in [-0.1, -0.05) is 135 Å². The highest BCUT2D eigenvalue weighted by Gasteiger charge is 2.37. The average Bonchev–Trinajstić information content (AvgIpc) is 3.72. The highest BCUT2D eigenvalue weighted by atomic mass is 16.5. The Labute approximate surface area is 312 Å². The first-order valence-electron chi connectivity index (χ1n) is 18.4. The zero-order valence-electron chi connectivity index (χ0n) is 29.8. The zero-order chi connectivity index (χ0) is 36.0. The Hall–Kier alpha value is -6.85. The second-order valence-electron chi connectivity index (χ2n) is 14.7. The first kappa shape index (κ1) is 30.7. The predicted octanol–water partition coefficient (Wildman–Crippen LogP) is 12.3.